The van der Waals surface area contributed by atoms with Crippen LogP contribution in [0.15, 0.2) is 18.0 Å². The Kier molecular flexibility index (Phi) is 6.10. The van der Waals surface area contributed by atoms with Crippen molar-refractivity contribution < 1.29 is 18.0 Å². The average Bonchev–Trinajstić information content (AvgIpc) is 3.24. The first-order chi connectivity index (χ1) is 16.8. The standard InChI is InChI=1S/C23H25F3N8O/c24-23(25,26)16-5-17-18(12-30-20(17)29-11-16)19-14(6-27)10-32-22(33-19)31-7-13-1-3-34(4-2-13)21(35)15-8-28-9-15/h5,10,12-13,15,28-30H,1-4,7-9,11H2,(H,31,32,33). The van der Waals surface area contributed by atoms with E-state index >= 15 is 0 Å². The number of H-pyrrole nitrogens is 1. The number of halogens is 3. The van der Waals surface area contributed by atoms with Gasteiger partial charge in [-0.05, 0) is 24.8 Å². The SMILES string of the molecule is N#Cc1cnc(NCC2CCN(C(=O)C3CNC3)CC2)nc1-c1c[nH]c2c1C=C(C(F)(F)F)CN2. The number of likely N-dealkylation sites (tertiary alicyclic amines) is 1. The van der Waals surface area contributed by atoms with Crippen molar-refractivity contribution in [2.75, 3.05) is 49.9 Å². The molecule has 2 aromatic heterocycles. The molecule has 2 aromatic rings. The predicted molar refractivity (Wildman–Crippen MR) is 123 cm³/mol. The highest BCUT2D eigenvalue weighted by Crippen LogP contribution is 2.38. The number of anilines is 2. The van der Waals surface area contributed by atoms with E-state index in [-0.39, 0.29) is 29.6 Å². The number of aromatic amines is 1. The minimum atomic E-state index is -4.45. The lowest BCUT2D eigenvalue weighted by Crippen LogP contribution is -2.53. The second kappa shape index (κ2) is 9.22. The number of nitriles is 1. The van der Waals surface area contributed by atoms with Crippen molar-refractivity contribution in [1.82, 2.24) is 25.2 Å². The molecule has 3 aliphatic heterocycles. The third kappa shape index (κ3) is 4.68. The second-order valence-corrected chi connectivity index (χ2v) is 9.08. The molecule has 0 aliphatic carbocycles. The van der Waals surface area contributed by atoms with Crippen molar-refractivity contribution in [2.45, 2.75) is 19.0 Å². The molecule has 0 unspecified atom stereocenters. The van der Waals surface area contributed by atoms with Gasteiger partial charge in [0.15, 0.2) is 0 Å². The molecule has 0 radical (unpaired) electrons. The number of carbonyl (C=O) groups excluding carboxylic acids is 1. The average molecular weight is 487 g/mol. The van der Waals surface area contributed by atoms with Gasteiger partial charge in [0.1, 0.15) is 11.9 Å². The van der Waals surface area contributed by atoms with Crippen LogP contribution in [0.3, 0.4) is 0 Å². The Bertz CT molecular complexity index is 1190. The van der Waals surface area contributed by atoms with Gasteiger partial charge >= 0.3 is 6.18 Å². The van der Waals surface area contributed by atoms with Crippen molar-refractivity contribution in [3.63, 3.8) is 0 Å². The van der Waals surface area contributed by atoms with E-state index in [1.165, 1.54) is 6.20 Å². The highest BCUT2D eigenvalue weighted by molar-refractivity contribution is 5.85. The maximum absolute atomic E-state index is 13.3. The summed E-state index contributed by atoms with van der Waals surface area (Å²) in [6.45, 7) is 3.22. The van der Waals surface area contributed by atoms with E-state index < -0.39 is 11.7 Å². The van der Waals surface area contributed by atoms with Gasteiger partial charge in [0.25, 0.3) is 0 Å². The normalized spacial score (nSPS) is 18.7. The summed E-state index contributed by atoms with van der Waals surface area (Å²) in [7, 11) is 0. The number of nitrogens with one attached hydrogen (secondary N) is 4. The summed E-state index contributed by atoms with van der Waals surface area (Å²) in [4.78, 5) is 26.0. The fourth-order valence-electron chi connectivity index (χ4n) is 4.59. The summed E-state index contributed by atoms with van der Waals surface area (Å²) in [6.07, 6.45) is 1.29. The van der Waals surface area contributed by atoms with E-state index in [0.717, 1.165) is 45.1 Å². The fraction of sp³-hybridized carbons (Fsp3) is 0.478. The summed E-state index contributed by atoms with van der Waals surface area (Å²) in [5.41, 5.74) is 0.438. The number of rotatable bonds is 5. The Morgan fingerprint density at radius 2 is 2.06 bits per heavy atom. The van der Waals surface area contributed by atoms with Crippen LogP contribution in [0.4, 0.5) is 24.9 Å². The molecule has 5 heterocycles. The molecular weight excluding hydrogens is 461 g/mol. The van der Waals surface area contributed by atoms with E-state index in [1.807, 2.05) is 11.0 Å². The minimum absolute atomic E-state index is 0.103. The largest absolute Gasteiger partial charge is 0.414 e. The lowest BCUT2D eigenvalue weighted by Gasteiger charge is -2.37. The number of fused-ring (bicyclic) bond motifs is 1. The van der Waals surface area contributed by atoms with Gasteiger partial charge in [-0.1, -0.05) is 0 Å². The Hall–Kier alpha value is -3.59. The number of piperidine rings is 1. The Labute approximate surface area is 199 Å². The molecule has 1 amide bonds. The van der Waals surface area contributed by atoms with Crippen LogP contribution < -0.4 is 16.0 Å². The molecule has 12 heteroatoms. The van der Waals surface area contributed by atoms with E-state index in [9.17, 15) is 23.2 Å². The van der Waals surface area contributed by atoms with Gasteiger partial charge < -0.3 is 25.8 Å². The second-order valence-electron chi connectivity index (χ2n) is 9.08. The zero-order valence-corrected chi connectivity index (χ0v) is 18.9. The van der Waals surface area contributed by atoms with Crippen LogP contribution in [0.2, 0.25) is 0 Å². The fourth-order valence-corrected chi connectivity index (χ4v) is 4.59. The van der Waals surface area contributed by atoms with Crippen LogP contribution in [0, 0.1) is 23.2 Å². The first-order valence-electron chi connectivity index (χ1n) is 11.6. The highest BCUT2D eigenvalue weighted by atomic mass is 19.4. The molecule has 2 fully saturated rings. The van der Waals surface area contributed by atoms with Crippen molar-refractivity contribution >= 4 is 23.7 Å². The molecular formula is C23H25F3N8O. The minimum Gasteiger partial charge on any atom is -0.367 e. The summed E-state index contributed by atoms with van der Waals surface area (Å²) < 4.78 is 39.8. The third-order valence-electron chi connectivity index (χ3n) is 6.83. The van der Waals surface area contributed by atoms with Gasteiger partial charge in [-0.3, -0.25) is 4.79 Å². The Morgan fingerprint density at radius 1 is 1.29 bits per heavy atom. The Morgan fingerprint density at radius 3 is 2.71 bits per heavy atom. The maximum Gasteiger partial charge on any atom is 0.414 e. The number of aromatic nitrogens is 3. The Balaban J connectivity index is 1.28. The topological polar surface area (TPSA) is 122 Å². The molecule has 2 saturated heterocycles. The van der Waals surface area contributed by atoms with Crippen molar-refractivity contribution in [3.05, 3.63) is 29.1 Å². The van der Waals surface area contributed by atoms with E-state index in [4.69, 9.17) is 0 Å². The monoisotopic (exact) mass is 486 g/mol. The number of carbonyl (C=O) groups is 1. The van der Waals surface area contributed by atoms with Crippen LogP contribution in [0.5, 0.6) is 0 Å². The quantitative estimate of drug-likeness (QED) is 0.513. The zero-order valence-electron chi connectivity index (χ0n) is 18.9. The molecule has 5 rings (SSSR count). The van der Waals surface area contributed by atoms with Crippen molar-refractivity contribution in [1.29, 1.82) is 5.26 Å². The molecule has 4 N–H and O–H groups in total. The van der Waals surface area contributed by atoms with Gasteiger partial charge in [-0.25, -0.2) is 9.97 Å². The molecule has 0 atom stereocenters. The summed E-state index contributed by atoms with van der Waals surface area (Å²) in [5.74, 6) is 1.41. The van der Waals surface area contributed by atoms with Gasteiger partial charge in [-0.2, -0.15) is 18.4 Å². The van der Waals surface area contributed by atoms with Gasteiger partial charge in [0, 0.05) is 56.6 Å². The molecule has 9 nitrogen and oxygen atoms in total. The van der Waals surface area contributed by atoms with Crippen molar-refractivity contribution in [2.24, 2.45) is 11.8 Å². The smallest absolute Gasteiger partial charge is 0.367 e. The molecule has 0 aromatic carbocycles. The van der Waals surface area contributed by atoms with E-state index in [0.29, 0.717) is 35.4 Å². The lowest BCUT2D eigenvalue weighted by atomic mass is 9.94. The molecule has 0 saturated carbocycles. The predicted octanol–water partition coefficient (Wildman–Crippen LogP) is 2.58. The highest BCUT2D eigenvalue weighted by Gasteiger charge is 2.36. The van der Waals surface area contributed by atoms with E-state index in [1.54, 1.807) is 6.20 Å². The number of amides is 1. The molecule has 184 valence electrons. The number of nitrogens with zero attached hydrogens (tertiary/aromatic N) is 4. The summed E-state index contributed by atoms with van der Waals surface area (Å²) in [6, 6.07) is 2.03. The van der Waals surface area contributed by atoms with Gasteiger partial charge in [0.05, 0.1) is 28.9 Å². The van der Waals surface area contributed by atoms with Crippen LogP contribution in [-0.2, 0) is 4.79 Å². The van der Waals surface area contributed by atoms with Crippen LogP contribution >= 0.6 is 0 Å². The number of hydrogen-bond acceptors (Lipinski definition) is 7. The number of alkyl halides is 3. The first-order valence-corrected chi connectivity index (χ1v) is 11.6. The van der Waals surface area contributed by atoms with Gasteiger partial charge in [-0.15, -0.1) is 0 Å². The molecule has 0 bridgehead atoms. The number of hydrogen-bond donors (Lipinski definition) is 4. The van der Waals surface area contributed by atoms with Crippen molar-refractivity contribution in [3.8, 4) is 17.3 Å². The molecule has 0 spiro atoms. The maximum atomic E-state index is 13.3. The first kappa shape index (κ1) is 23.2. The van der Waals surface area contributed by atoms with Gasteiger partial charge in [0.2, 0.25) is 11.9 Å². The zero-order chi connectivity index (χ0) is 24.6. The molecule has 3 aliphatic rings. The van der Waals surface area contributed by atoms with Crippen LogP contribution in [-0.4, -0.2) is 71.2 Å². The summed E-state index contributed by atoms with van der Waals surface area (Å²) >= 11 is 0. The molecule has 35 heavy (non-hydrogen) atoms. The van der Waals surface area contributed by atoms with Crippen LogP contribution in [0.25, 0.3) is 17.3 Å². The lowest BCUT2D eigenvalue weighted by molar-refractivity contribution is -0.138. The third-order valence-corrected chi connectivity index (χ3v) is 6.83. The summed E-state index contributed by atoms with van der Waals surface area (Å²) in [5, 5.41) is 18.6. The van der Waals surface area contributed by atoms with E-state index in [2.05, 4.69) is 30.9 Å². The van der Waals surface area contributed by atoms with Crippen LogP contribution in [0.1, 0.15) is 24.0 Å².